The van der Waals surface area contributed by atoms with E-state index in [-0.39, 0.29) is 18.1 Å². The van der Waals surface area contributed by atoms with Gasteiger partial charge in [0, 0.05) is 31.2 Å². The Balaban J connectivity index is 1.77. The Labute approximate surface area is 111 Å². The minimum Gasteiger partial charge on any atom is -0.363 e. The molecule has 0 spiro atoms. The number of amides is 1. The van der Waals surface area contributed by atoms with Crippen LogP contribution in [0.4, 0.5) is 0 Å². The van der Waals surface area contributed by atoms with Crippen molar-refractivity contribution in [2.45, 2.75) is 26.0 Å². The van der Waals surface area contributed by atoms with Crippen molar-refractivity contribution in [3.05, 3.63) is 16.1 Å². The van der Waals surface area contributed by atoms with E-state index in [0.29, 0.717) is 6.54 Å². The van der Waals surface area contributed by atoms with Crippen molar-refractivity contribution in [2.75, 3.05) is 26.7 Å². The van der Waals surface area contributed by atoms with Crippen LogP contribution in [0.15, 0.2) is 6.20 Å². The quantitative estimate of drug-likeness (QED) is 0.858. The predicted octanol–water partition coefficient (Wildman–Crippen LogP) is 0.788. The van der Waals surface area contributed by atoms with Gasteiger partial charge in [-0.2, -0.15) is 0 Å². The van der Waals surface area contributed by atoms with Crippen LogP contribution in [-0.4, -0.2) is 48.1 Å². The molecule has 6 heteroatoms. The van der Waals surface area contributed by atoms with Gasteiger partial charge in [0.1, 0.15) is 6.61 Å². The molecule has 100 valence electrons. The number of carbonyl (C=O) groups excluding carboxylic acids is 1. The van der Waals surface area contributed by atoms with Crippen LogP contribution < -0.4 is 5.32 Å². The molecule has 0 aliphatic carbocycles. The summed E-state index contributed by atoms with van der Waals surface area (Å²) in [5.74, 6) is 0.00850. The van der Waals surface area contributed by atoms with E-state index in [1.165, 1.54) is 0 Å². The maximum Gasteiger partial charge on any atom is 0.248 e. The lowest BCUT2D eigenvalue weighted by atomic mass is 10.0. The zero-order valence-electron chi connectivity index (χ0n) is 11.0. The molecule has 0 aromatic carbocycles. The Kier molecular flexibility index (Phi) is 3.99. The molecule has 2 heterocycles. The zero-order valence-corrected chi connectivity index (χ0v) is 11.8. The van der Waals surface area contributed by atoms with Gasteiger partial charge in [0.25, 0.3) is 0 Å². The Morgan fingerprint density at radius 1 is 1.67 bits per heavy atom. The molecule has 0 radical (unpaired) electrons. The highest BCUT2D eigenvalue weighted by molar-refractivity contribution is 7.11. The second-order valence-corrected chi connectivity index (χ2v) is 6.26. The van der Waals surface area contributed by atoms with Crippen molar-refractivity contribution in [3.8, 4) is 0 Å². The summed E-state index contributed by atoms with van der Waals surface area (Å²) in [5.41, 5.74) is -0.169. The number of nitrogens with one attached hydrogen (secondary N) is 1. The molecule has 0 bridgehead atoms. The van der Waals surface area contributed by atoms with Crippen molar-refractivity contribution in [3.63, 3.8) is 0 Å². The molecular weight excluding hydrogens is 250 g/mol. The average Bonchev–Trinajstić information content (AvgIpc) is 2.69. The lowest BCUT2D eigenvalue weighted by molar-refractivity contribution is -0.145. The molecule has 2 rings (SSSR count). The number of nitrogens with zero attached hydrogens (tertiary/aromatic N) is 2. The summed E-state index contributed by atoms with van der Waals surface area (Å²) in [4.78, 5) is 18.9. The Morgan fingerprint density at radius 3 is 2.89 bits per heavy atom. The maximum absolute atomic E-state index is 11.9. The topological polar surface area (TPSA) is 54.5 Å². The molecule has 1 aromatic heterocycles. The first-order valence-electron chi connectivity index (χ1n) is 5.98. The summed E-state index contributed by atoms with van der Waals surface area (Å²) in [6, 6.07) is 0. The molecule has 1 aliphatic rings. The van der Waals surface area contributed by atoms with Crippen molar-refractivity contribution >= 4 is 17.2 Å². The van der Waals surface area contributed by atoms with E-state index in [1.807, 2.05) is 20.0 Å². The van der Waals surface area contributed by atoms with Gasteiger partial charge in [-0.1, -0.05) is 0 Å². The van der Waals surface area contributed by atoms with E-state index in [1.54, 1.807) is 23.3 Å². The number of hydrogen-bond donors (Lipinski definition) is 1. The van der Waals surface area contributed by atoms with Gasteiger partial charge in [0.15, 0.2) is 0 Å². The third kappa shape index (κ3) is 3.28. The highest BCUT2D eigenvalue weighted by Gasteiger charge is 2.33. The SMILES string of the molecule is Cc1ncc(CN(C)C(=O)COC2(C)CNC2)s1. The van der Waals surface area contributed by atoms with Gasteiger partial charge in [-0.3, -0.25) is 4.79 Å². The van der Waals surface area contributed by atoms with Crippen LogP contribution in [-0.2, 0) is 16.1 Å². The van der Waals surface area contributed by atoms with Gasteiger partial charge < -0.3 is 15.0 Å². The molecule has 1 N–H and O–H groups in total. The van der Waals surface area contributed by atoms with Crippen molar-refractivity contribution < 1.29 is 9.53 Å². The van der Waals surface area contributed by atoms with Crippen LogP contribution in [0.2, 0.25) is 0 Å². The molecule has 1 aliphatic heterocycles. The first-order chi connectivity index (χ1) is 8.48. The minimum absolute atomic E-state index is 0.00850. The Morgan fingerprint density at radius 2 is 2.39 bits per heavy atom. The Bertz CT molecular complexity index is 429. The third-order valence-electron chi connectivity index (χ3n) is 3.03. The molecule has 1 fully saturated rings. The second-order valence-electron chi connectivity index (χ2n) is 4.94. The highest BCUT2D eigenvalue weighted by atomic mass is 32.1. The molecule has 0 atom stereocenters. The molecule has 1 saturated heterocycles. The second kappa shape index (κ2) is 5.34. The third-order valence-corrected chi connectivity index (χ3v) is 3.93. The summed E-state index contributed by atoms with van der Waals surface area (Å²) in [6.45, 7) is 6.36. The van der Waals surface area contributed by atoms with Crippen LogP contribution in [0, 0.1) is 6.92 Å². The van der Waals surface area contributed by atoms with Gasteiger partial charge in [-0.25, -0.2) is 4.98 Å². The monoisotopic (exact) mass is 269 g/mol. The van der Waals surface area contributed by atoms with Gasteiger partial charge >= 0.3 is 0 Å². The molecule has 1 amide bonds. The van der Waals surface area contributed by atoms with Crippen LogP contribution in [0.25, 0.3) is 0 Å². The van der Waals surface area contributed by atoms with Crippen molar-refractivity contribution in [1.29, 1.82) is 0 Å². The zero-order chi connectivity index (χ0) is 13.2. The summed E-state index contributed by atoms with van der Waals surface area (Å²) in [5, 5.41) is 4.16. The van der Waals surface area contributed by atoms with E-state index in [0.717, 1.165) is 23.0 Å². The van der Waals surface area contributed by atoms with Gasteiger partial charge in [-0.05, 0) is 13.8 Å². The van der Waals surface area contributed by atoms with Crippen LogP contribution in [0.3, 0.4) is 0 Å². The van der Waals surface area contributed by atoms with Gasteiger partial charge in [0.2, 0.25) is 5.91 Å². The number of aromatic nitrogens is 1. The number of hydrogen-bond acceptors (Lipinski definition) is 5. The Hall–Kier alpha value is -0.980. The summed E-state index contributed by atoms with van der Waals surface area (Å²) in [6.07, 6.45) is 1.82. The number of ether oxygens (including phenoxy) is 1. The fraction of sp³-hybridized carbons (Fsp3) is 0.667. The van der Waals surface area contributed by atoms with E-state index in [9.17, 15) is 4.79 Å². The fourth-order valence-electron chi connectivity index (χ4n) is 1.73. The van der Waals surface area contributed by atoms with Crippen LogP contribution in [0.5, 0.6) is 0 Å². The number of rotatable bonds is 5. The normalized spacial score (nSPS) is 17.3. The highest BCUT2D eigenvalue weighted by Crippen LogP contribution is 2.16. The average molecular weight is 269 g/mol. The van der Waals surface area contributed by atoms with E-state index in [2.05, 4.69) is 10.3 Å². The van der Waals surface area contributed by atoms with Gasteiger partial charge in [0.05, 0.1) is 17.2 Å². The summed E-state index contributed by atoms with van der Waals surface area (Å²) in [7, 11) is 1.79. The van der Waals surface area contributed by atoms with Gasteiger partial charge in [-0.15, -0.1) is 11.3 Å². The number of carbonyl (C=O) groups is 1. The summed E-state index contributed by atoms with van der Waals surface area (Å²) < 4.78 is 5.63. The summed E-state index contributed by atoms with van der Waals surface area (Å²) >= 11 is 1.62. The van der Waals surface area contributed by atoms with E-state index >= 15 is 0 Å². The van der Waals surface area contributed by atoms with E-state index < -0.39 is 0 Å². The standard InChI is InChI=1S/C12H19N3O2S/c1-9-14-4-10(18-9)5-15(3)11(16)6-17-12(2)7-13-8-12/h4,13H,5-8H2,1-3H3. The molecular formula is C12H19N3O2S. The van der Waals surface area contributed by atoms with Crippen molar-refractivity contribution in [2.24, 2.45) is 0 Å². The number of thiazole rings is 1. The largest absolute Gasteiger partial charge is 0.363 e. The molecule has 0 saturated carbocycles. The number of likely N-dealkylation sites (N-methyl/N-ethyl adjacent to an activating group) is 1. The molecule has 1 aromatic rings. The molecule has 5 nitrogen and oxygen atoms in total. The van der Waals surface area contributed by atoms with Crippen LogP contribution >= 0.6 is 11.3 Å². The molecule has 18 heavy (non-hydrogen) atoms. The van der Waals surface area contributed by atoms with E-state index in [4.69, 9.17) is 4.74 Å². The van der Waals surface area contributed by atoms with Crippen molar-refractivity contribution in [1.82, 2.24) is 15.2 Å². The minimum atomic E-state index is -0.169. The first-order valence-corrected chi connectivity index (χ1v) is 6.80. The van der Waals surface area contributed by atoms with Crippen LogP contribution in [0.1, 0.15) is 16.8 Å². The predicted molar refractivity (Wildman–Crippen MR) is 70.6 cm³/mol. The number of aryl methyl sites for hydroxylation is 1. The maximum atomic E-state index is 11.9. The lowest BCUT2D eigenvalue weighted by Crippen LogP contribution is -2.59. The molecule has 0 unspecified atom stereocenters. The first kappa shape index (κ1) is 13.5. The lowest BCUT2D eigenvalue weighted by Gasteiger charge is -2.39. The fourth-order valence-corrected chi connectivity index (χ4v) is 2.57. The smallest absolute Gasteiger partial charge is 0.248 e.